The van der Waals surface area contributed by atoms with Gasteiger partial charge in [0, 0.05) is 26.9 Å². The zero-order valence-corrected chi connectivity index (χ0v) is 16.5. The number of hydrogen-bond acceptors (Lipinski definition) is 4. The molecule has 0 radical (unpaired) electrons. The highest BCUT2D eigenvalue weighted by Gasteiger charge is 2.39. The van der Waals surface area contributed by atoms with Crippen molar-refractivity contribution in [2.45, 2.75) is 25.0 Å². The van der Waals surface area contributed by atoms with Gasteiger partial charge in [-0.2, -0.15) is 0 Å². The molecule has 1 amide bonds. The molecule has 3 N–H and O–H groups in total. The maximum atomic E-state index is 12.7. The molecule has 2 aromatic rings. The van der Waals surface area contributed by atoms with Crippen LogP contribution in [0.2, 0.25) is 10.0 Å². The lowest BCUT2D eigenvalue weighted by molar-refractivity contribution is 0.0243. The van der Waals surface area contributed by atoms with Crippen LogP contribution in [-0.4, -0.2) is 33.6 Å². The van der Waals surface area contributed by atoms with Crippen LogP contribution in [0.15, 0.2) is 54.6 Å². The van der Waals surface area contributed by atoms with Crippen molar-refractivity contribution >= 4 is 40.6 Å². The molecule has 146 valence electrons. The lowest BCUT2D eigenvalue weighted by Gasteiger charge is -2.32. The Morgan fingerprint density at radius 3 is 2.25 bits per heavy atom. The van der Waals surface area contributed by atoms with Gasteiger partial charge < -0.3 is 15.5 Å². The van der Waals surface area contributed by atoms with Gasteiger partial charge in [0.2, 0.25) is 0 Å². The Morgan fingerprint density at radius 1 is 1.07 bits per heavy atom. The smallest absolute Gasteiger partial charge is 0.255 e. The summed E-state index contributed by atoms with van der Waals surface area (Å²) in [6, 6.07) is 10.7. The highest BCUT2D eigenvalue weighted by atomic mass is 35.5. The summed E-state index contributed by atoms with van der Waals surface area (Å²) in [7, 11) is 0. The number of aliphatic hydroxyl groups excluding tert-OH is 1. The predicted octanol–water partition coefficient (Wildman–Crippen LogP) is 4.12. The molecule has 0 aliphatic heterocycles. The molecule has 0 bridgehead atoms. The van der Waals surface area contributed by atoms with Crippen LogP contribution >= 0.6 is 23.2 Å². The van der Waals surface area contributed by atoms with Gasteiger partial charge in [-0.15, -0.1) is 0 Å². The summed E-state index contributed by atoms with van der Waals surface area (Å²) in [5.74, 6) is -1.08. The molecule has 1 aliphatic rings. The van der Waals surface area contributed by atoms with E-state index in [0.29, 0.717) is 26.9 Å². The van der Waals surface area contributed by atoms with Gasteiger partial charge >= 0.3 is 0 Å². The van der Waals surface area contributed by atoms with Crippen molar-refractivity contribution in [2.24, 2.45) is 5.92 Å². The molecule has 1 aliphatic carbocycles. The molecule has 0 heterocycles. The van der Waals surface area contributed by atoms with Crippen molar-refractivity contribution in [2.75, 3.05) is 5.32 Å². The summed E-state index contributed by atoms with van der Waals surface area (Å²) in [5.41, 5.74) is -0.556. The van der Waals surface area contributed by atoms with Crippen LogP contribution in [0.5, 0.6) is 0 Å². The number of Topliss-reactive ketones (excluding diaryl/α,β-unsaturated/α-hetero) is 1. The highest BCUT2D eigenvalue weighted by molar-refractivity contribution is 6.35. The van der Waals surface area contributed by atoms with Crippen LogP contribution in [0.1, 0.15) is 34.1 Å². The monoisotopic (exact) mass is 419 g/mol. The van der Waals surface area contributed by atoms with Gasteiger partial charge in [0.1, 0.15) is 5.60 Å². The number of hydrogen-bond donors (Lipinski definition) is 3. The zero-order valence-electron chi connectivity index (χ0n) is 15.0. The first-order valence-corrected chi connectivity index (χ1v) is 9.46. The Bertz CT molecular complexity index is 922. The lowest BCUT2D eigenvalue weighted by atomic mass is 9.78. The van der Waals surface area contributed by atoms with Gasteiger partial charge in [-0.3, -0.25) is 9.59 Å². The molecule has 2 aromatic carbocycles. The van der Waals surface area contributed by atoms with E-state index in [1.54, 1.807) is 19.1 Å². The normalized spacial score (nSPS) is 24.0. The van der Waals surface area contributed by atoms with E-state index in [-0.39, 0.29) is 18.2 Å². The Kier molecular flexibility index (Phi) is 5.91. The number of benzene rings is 2. The molecule has 0 aromatic heterocycles. The van der Waals surface area contributed by atoms with Gasteiger partial charge in [-0.25, -0.2) is 0 Å². The fourth-order valence-corrected chi connectivity index (χ4v) is 3.66. The average Bonchev–Trinajstić information content (AvgIpc) is 2.64. The summed E-state index contributed by atoms with van der Waals surface area (Å²) in [6.07, 6.45) is 2.25. The Morgan fingerprint density at radius 2 is 1.68 bits per heavy atom. The summed E-state index contributed by atoms with van der Waals surface area (Å²) in [5, 5.41) is 23.8. The van der Waals surface area contributed by atoms with Crippen molar-refractivity contribution in [3.05, 3.63) is 75.8 Å². The molecule has 3 atom stereocenters. The summed E-state index contributed by atoms with van der Waals surface area (Å²) in [4.78, 5) is 25.0. The van der Waals surface area contributed by atoms with E-state index in [4.69, 9.17) is 23.2 Å². The van der Waals surface area contributed by atoms with Crippen LogP contribution < -0.4 is 5.32 Å². The molecular formula is C21H19Cl2NO4. The summed E-state index contributed by atoms with van der Waals surface area (Å²) in [6.45, 7) is 1.77. The molecule has 0 fully saturated rings. The fourth-order valence-electron chi connectivity index (χ4n) is 3.14. The van der Waals surface area contributed by atoms with E-state index in [1.165, 1.54) is 42.5 Å². The molecule has 3 rings (SSSR count). The van der Waals surface area contributed by atoms with Crippen molar-refractivity contribution in [1.82, 2.24) is 0 Å². The Balaban J connectivity index is 1.74. The minimum atomic E-state index is -1.65. The number of halogens is 2. The second-order valence-corrected chi connectivity index (χ2v) is 7.85. The minimum Gasteiger partial charge on any atom is -0.389 e. The second-order valence-electron chi connectivity index (χ2n) is 6.97. The molecule has 0 saturated carbocycles. The molecule has 7 heteroatoms. The van der Waals surface area contributed by atoms with Crippen molar-refractivity contribution in [3.63, 3.8) is 0 Å². The average molecular weight is 420 g/mol. The van der Waals surface area contributed by atoms with Crippen LogP contribution in [0.4, 0.5) is 5.69 Å². The molecule has 28 heavy (non-hydrogen) atoms. The Labute approximate surface area is 172 Å². The van der Waals surface area contributed by atoms with E-state index in [2.05, 4.69) is 5.32 Å². The standard InChI is InChI=1S/C21H19Cl2NO4/c1-12-11-21(28,7-6-18(12)25)19(26)13-2-4-17(5-3-13)24-20(27)14-8-15(22)10-16(23)9-14/h2-10,12,18,25,28H,11H2,1H3,(H,24,27). The highest BCUT2D eigenvalue weighted by Crippen LogP contribution is 2.30. The maximum absolute atomic E-state index is 12.7. The van der Waals surface area contributed by atoms with Crippen LogP contribution in [0, 0.1) is 5.92 Å². The second kappa shape index (κ2) is 8.05. The van der Waals surface area contributed by atoms with E-state index < -0.39 is 17.5 Å². The fraction of sp³-hybridized carbons (Fsp3) is 0.238. The third-order valence-electron chi connectivity index (χ3n) is 4.71. The topological polar surface area (TPSA) is 86.6 Å². The van der Waals surface area contributed by atoms with E-state index >= 15 is 0 Å². The van der Waals surface area contributed by atoms with Gasteiger partial charge in [0.05, 0.1) is 6.10 Å². The van der Waals surface area contributed by atoms with Crippen molar-refractivity contribution in [3.8, 4) is 0 Å². The number of nitrogens with one attached hydrogen (secondary N) is 1. The third-order valence-corrected chi connectivity index (χ3v) is 5.14. The largest absolute Gasteiger partial charge is 0.389 e. The first-order valence-electron chi connectivity index (χ1n) is 8.70. The van der Waals surface area contributed by atoms with Gasteiger partial charge in [-0.05, 0) is 60.9 Å². The first-order chi connectivity index (χ1) is 13.2. The number of amides is 1. The van der Waals surface area contributed by atoms with Gasteiger partial charge in [-0.1, -0.05) is 36.2 Å². The van der Waals surface area contributed by atoms with E-state index in [1.807, 2.05) is 0 Å². The lowest BCUT2D eigenvalue weighted by Crippen LogP contribution is -2.43. The number of rotatable bonds is 4. The van der Waals surface area contributed by atoms with Gasteiger partial charge in [0.25, 0.3) is 5.91 Å². The first kappa shape index (κ1) is 20.6. The Hall–Kier alpha value is -2.18. The number of carbonyl (C=O) groups is 2. The summed E-state index contributed by atoms with van der Waals surface area (Å²) >= 11 is 11.8. The van der Waals surface area contributed by atoms with Gasteiger partial charge in [0.15, 0.2) is 5.78 Å². The number of aliphatic hydroxyl groups is 2. The van der Waals surface area contributed by atoms with Crippen LogP contribution in [0.25, 0.3) is 0 Å². The quantitative estimate of drug-likeness (QED) is 0.513. The summed E-state index contributed by atoms with van der Waals surface area (Å²) < 4.78 is 0. The minimum absolute atomic E-state index is 0.136. The van der Waals surface area contributed by atoms with Crippen molar-refractivity contribution < 1.29 is 19.8 Å². The number of ketones is 1. The number of carbonyl (C=O) groups excluding carboxylic acids is 2. The molecule has 0 spiro atoms. The molecule has 3 unspecified atom stereocenters. The van der Waals surface area contributed by atoms with E-state index in [0.717, 1.165) is 0 Å². The maximum Gasteiger partial charge on any atom is 0.255 e. The molecule has 5 nitrogen and oxygen atoms in total. The van der Waals surface area contributed by atoms with Crippen molar-refractivity contribution in [1.29, 1.82) is 0 Å². The van der Waals surface area contributed by atoms with E-state index in [9.17, 15) is 19.8 Å². The number of anilines is 1. The SMILES string of the molecule is CC1CC(O)(C(=O)c2ccc(NC(=O)c3cc(Cl)cc(Cl)c3)cc2)C=CC1O. The molecule has 0 saturated heterocycles. The third kappa shape index (κ3) is 4.45. The van der Waals surface area contributed by atoms with Crippen LogP contribution in [-0.2, 0) is 0 Å². The predicted molar refractivity (Wildman–Crippen MR) is 109 cm³/mol. The zero-order chi connectivity index (χ0) is 20.5. The molecular weight excluding hydrogens is 401 g/mol. The van der Waals surface area contributed by atoms with Crippen LogP contribution in [0.3, 0.4) is 0 Å².